The highest BCUT2D eigenvalue weighted by atomic mass is 19.4. The summed E-state index contributed by atoms with van der Waals surface area (Å²) in [5.41, 5.74) is 1.49. The van der Waals surface area contributed by atoms with E-state index in [0.29, 0.717) is 18.5 Å². The van der Waals surface area contributed by atoms with Crippen molar-refractivity contribution >= 4 is 11.9 Å². The van der Waals surface area contributed by atoms with Gasteiger partial charge < -0.3 is 15.5 Å². The monoisotopic (exact) mass is 419 g/mol. The summed E-state index contributed by atoms with van der Waals surface area (Å²) in [6, 6.07) is 11.5. The van der Waals surface area contributed by atoms with Crippen LogP contribution in [0.15, 0.2) is 48.5 Å². The molecule has 160 valence electrons. The number of carbonyl (C=O) groups is 2. The van der Waals surface area contributed by atoms with Gasteiger partial charge in [-0.1, -0.05) is 36.4 Å². The zero-order chi connectivity index (χ0) is 21.7. The number of alkyl halides is 3. The fourth-order valence-electron chi connectivity index (χ4n) is 3.43. The van der Waals surface area contributed by atoms with Gasteiger partial charge in [0.05, 0.1) is 11.6 Å². The molecule has 5 nitrogen and oxygen atoms in total. The maximum absolute atomic E-state index is 12.9. The van der Waals surface area contributed by atoms with E-state index in [4.69, 9.17) is 0 Å². The van der Waals surface area contributed by atoms with E-state index >= 15 is 0 Å². The summed E-state index contributed by atoms with van der Waals surface area (Å²) in [5, 5.41) is 5.38. The number of likely N-dealkylation sites (tertiary alicyclic amines) is 1. The summed E-state index contributed by atoms with van der Waals surface area (Å²) in [7, 11) is 0. The molecule has 1 unspecified atom stereocenters. The minimum atomic E-state index is -4.43. The third kappa shape index (κ3) is 5.75. The zero-order valence-electron chi connectivity index (χ0n) is 16.6. The number of amides is 3. The Morgan fingerprint density at radius 1 is 1.13 bits per heavy atom. The van der Waals surface area contributed by atoms with Crippen molar-refractivity contribution in [1.82, 2.24) is 15.5 Å². The van der Waals surface area contributed by atoms with Crippen molar-refractivity contribution in [3.8, 4) is 0 Å². The quantitative estimate of drug-likeness (QED) is 0.730. The molecule has 1 saturated heterocycles. The van der Waals surface area contributed by atoms with E-state index in [1.807, 2.05) is 29.2 Å². The van der Waals surface area contributed by atoms with Crippen molar-refractivity contribution in [2.24, 2.45) is 0 Å². The van der Waals surface area contributed by atoms with Gasteiger partial charge in [0.1, 0.15) is 0 Å². The average molecular weight is 419 g/mol. The van der Waals surface area contributed by atoms with Crippen LogP contribution in [0.4, 0.5) is 18.0 Å². The Labute approximate surface area is 173 Å². The Hall–Kier alpha value is -3.03. The van der Waals surface area contributed by atoms with Gasteiger partial charge in [0.2, 0.25) is 5.91 Å². The SMILES string of the molecule is CC(NC(=O)NCc1cccc(CN2CCCC2=O)c1)c1cccc(C(F)(F)F)c1. The number of urea groups is 1. The first-order valence-corrected chi connectivity index (χ1v) is 9.79. The van der Waals surface area contributed by atoms with E-state index in [1.54, 1.807) is 13.0 Å². The van der Waals surface area contributed by atoms with Crippen LogP contribution in [0.2, 0.25) is 0 Å². The number of nitrogens with one attached hydrogen (secondary N) is 2. The predicted octanol–water partition coefficient (Wildman–Crippen LogP) is 4.39. The molecule has 0 spiro atoms. The summed E-state index contributed by atoms with van der Waals surface area (Å²) in [6.45, 7) is 3.20. The van der Waals surface area contributed by atoms with Gasteiger partial charge in [-0.05, 0) is 42.2 Å². The molecule has 1 atom stereocenters. The van der Waals surface area contributed by atoms with E-state index in [1.165, 1.54) is 6.07 Å². The minimum Gasteiger partial charge on any atom is -0.338 e. The first-order valence-electron chi connectivity index (χ1n) is 9.79. The predicted molar refractivity (Wildman–Crippen MR) is 106 cm³/mol. The van der Waals surface area contributed by atoms with Crippen molar-refractivity contribution in [2.75, 3.05) is 6.54 Å². The minimum absolute atomic E-state index is 0.154. The van der Waals surface area contributed by atoms with Gasteiger partial charge in [-0.3, -0.25) is 4.79 Å². The molecule has 0 radical (unpaired) electrons. The Kier molecular flexibility index (Phi) is 6.64. The Morgan fingerprint density at radius 3 is 2.57 bits per heavy atom. The zero-order valence-corrected chi connectivity index (χ0v) is 16.6. The van der Waals surface area contributed by atoms with Crippen LogP contribution in [0.25, 0.3) is 0 Å². The lowest BCUT2D eigenvalue weighted by Crippen LogP contribution is -2.36. The van der Waals surface area contributed by atoms with Crippen LogP contribution >= 0.6 is 0 Å². The molecule has 1 fully saturated rings. The van der Waals surface area contributed by atoms with Crippen molar-refractivity contribution in [1.29, 1.82) is 0 Å². The number of benzene rings is 2. The van der Waals surface area contributed by atoms with Crippen molar-refractivity contribution in [3.63, 3.8) is 0 Å². The van der Waals surface area contributed by atoms with Gasteiger partial charge in [-0.25, -0.2) is 4.79 Å². The standard InChI is InChI=1S/C22H24F3N3O2/c1-15(18-7-3-8-19(12-18)22(23,24)25)27-21(30)26-13-16-5-2-6-17(11-16)14-28-10-4-9-20(28)29/h2-3,5-8,11-12,15H,4,9-10,13-14H2,1H3,(H2,26,27,30). The van der Waals surface area contributed by atoms with Crippen LogP contribution in [-0.4, -0.2) is 23.4 Å². The maximum Gasteiger partial charge on any atom is 0.416 e. The highest BCUT2D eigenvalue weighted by Gasteiger charge is 2.30. The van der Waals surface area contributed by atoms with Gasteiger partial charge in [-0.15, -0.1) is 0 Å². The molecule has 30 heavy (non-hydrogen) atoms. The van der Waals surface area contributed by atoms with Crippen LogP contribution in [0.1, 0.15) is 48.1 Å². The van der Waals surface area contributed by atoms with Gasteiger partial charge in [0.15, 0.2) is 0 Å². The van der Waals surface area contributed by atoms with Crippen molar-refractivity contribution in [2.45, 2.75) is 45.1 Å². The third-order valence-electron chi connectivity index (χ3n) is 5.05. The summed E-state index contributed by atoms with van der Waals surface area (Å²) in [6.07, 6.45) is -2.96. The van der Waals surface area contributed by atoms with E-state index < -0.39 is 23.8 Å². The van der Waals surface area contributed by atoms with Crippen LogP contribution < -0.4 is 10.6 Å². The largest absolute Gasteiger partial charge is 0.416 e. The smallest absolute Gasteiger partial charge is 0.338 e. The molecule has 2 N–H and O–H groups in total. The third-order valence-corrected chi connectivity index (χ3v) is 5.05. The second-order valence-electron chi connectivity index (χ2n) is 7.41. The molecule has 0 saturated carbocycles. The second kappa shape index (κ2) is 9.19. The lowest BCUT2D eigenvalue weighted by molar-refractivity contribution is -0.137. The Morgan fingerprint density at radius 2 is 1.87 bits per heavy atom. The topological polar surface area (TPSA) is 61.4 Å². The molecule has 2 aromatic rings. The van der Waals surface area contributed by atoms with Crippen LogP contribution in [0.5, 0.6) is 0 Å². The van der Waals surface area contributed by atoms with Gasteiger partial charge >= 0.3 is 12.2 Å². The van der Waals surface area contributed by atoms with Crippen LogP contribution in [-0.2, 0) is 24.1 Å². The average Bonchev–Trinajstić information content (AvgIpc) is 3.10. The van der Waals surface area contributed by atoms with Gasteiger partial charge in [-0.2, -0.15) is 13.2 Å². The number of rotatable bonds is 6. The molecule has 8 heteroatoms. The van der Waals surface area contributed by atoms with Gasteiger partial charge in [0, 0.05) is 26.1 Å². The Bertz CT molecular complexity index is 914. The summed E-state index contributed by atoms with van der Waals surface area (Å²) in [5.74, 6) is 0.154. The van der Waals surface area contributed by atoms with E-state index in [9.17, 15) is 22.8 Å². The lowest BCUT2D eigenvalue weighted by Gasteiger charge is -2.17. The maximum atomic E-state index is 12.9. The Balaban J connectivity index is 1.53. The molecule has 1 aliphatic rings. The van der Waals surface area contributed by atoms with Crippen molar-refractivity contribution < 1.29 is 22.8 Å². The van der Waals surface area contributed by atoms with E-state index in [2.05, 4.69) is 10.6 Å². The number of hydrogen-bond acceptors (Lipinski definition) is 2. The van der Waals surface area contributed by atoms with Gasteiger partial charge in [0.25, 0.3) is 0 Å². The second-order valence-corrected chi connectivity index (χ2v) is 7.41. The first kappa shape index (κ1) is 21.7. The number of hydrogen-bond donors (Lipinski definition) is 2. The molecular weight excluding hydrogens is 395 g/mol. The molecular formula is C22H24F3N3O2. The first-order chi connectivity index (χ1) is 14.2. The molecule has 3 rings (SSSR count). The van der Waals surface area contributed by atoms with Crippen LogP contribution in [0.3, 0.4) is 0 Å². The molecule has 0 bridgehead atoms. The lowest BCUT2D eigenvalue weighted by atomic mass is 10.1. The number of halogens is 3. The molecule has 1 aliphatic heterocycles. The molecule has 2 aromatic carbocycles. The van der Waals surface area contributed by atoms with Crippen LogP contribution in [0, 0.1) is 0 Å². The fourth-order valence-corrected chi connectivity index (χ4v) is 3.43. The molecule has 3 amide bonds. The summed E-state index contributed by atoms with van der Waals surface area (Å²) >= 11 is 0. The highest BCUT2D eigenvalue weighted by Crippen LogP contribution is 2.30. The van der Waals surface area contributed by atoms with E-state index in [-0.39, 0.29) is 12.5 Å². The number of carbonyl (C=O) groups excluding carboxylic acids is 2. The molecule has 0 aliphatic carbocycles. The molecule has 0 aromatic heterocycles. The summed E-state index contributed by atoms with van der Waals surface area (Å²) in [4.78, 5) is 25.8. The summed E-state index contributed by atoms with van der Waals surface area (Å²) < 4.78 is 38.6. The van der Waals surface area contributed by atoms with E-state index in [0.717, 1.165) is 36.2 Å². The number of nitrogens with zero attached hydrogens (tertiary/aromatic N) is 1. The fraction of sp³-hybridized carbons (Fsp3) is 0.364. The molecule has 1 heterocycles. The van der Waals surface area contributed by atoms with Crippen molar-refractivity contribution in [3.05, 3.63) is 70.8 Å². The normalized spacial score (nSPS) is 15.2. The highest BCUT2D eigenvalue weighted by molar-refractivity contribution is 5.78.